The lowest BCUT2D eigenvalue weighted by molar-refractivity contribution is 0.140. The first-order valence-corrected chi connectivity index (χ1v) is 10.1. The number of carbonyl (C=O) groups excluding carboxylic acids is 3. The van der Waals surface area contributed by atoms with Gasteiger partial charge in [0.1, 0.15) is 11.1 Å². The molecule has 1 saturated heterocycles. The van der Waals surface area contributed by atoms with Crippen molar-refractivity contribution in [2.75, 3.05) is 31.1 Å². The van der Waals surface area contributed by atoms with E-state index in [0.717, 1.165) is 30.7 Å². The van der Waals surface area contributed by atoms with Gasteiger partial charge in [-0.2, -0.15) is 0 Å². The van der Waals surface area contributed by atoms with Crippen molar-refractivity contribution < 1.29 is 19.1 Å². The average molecular weight is 392 g/mol. The Morgan fingerprint density at radius 1 is 1.33 bits per heavy atom. The van der Waals surface area contributed by atoms with Gasteiger partial charge in [-0.3, -0.25) is 4.90 Å². The largest absolute Gasteiger partial charge is 0.442 e. The maximum absolute atomic E-state index is 12.0. The SMILES string of the molecule is O=C=NCC1CCCC(CNC(=O)NCC2CN(c3cccs3)C(=O)O2)C1. The number of rotatable bonds is 7. The van der Waals surface area contributed by atoms with Crippen molar-refractivity contribution >= 4 is 34.5 Å². The van der Waals surface area contributed by atoms with Crippen LogP contribution in [0.4, 0.5) is 14.6 Å². The van der Waals surface area contributed by atoms with Gasteiger partial charge in [0.2, 0.25) is 6.08 Å². The summed E-state index contributed by atoms with van der Waals surface area (Å²) in [6.45, 7) is 1.83. The third-order valence-electron chi connectivity index (χ3n) is 4.99. The van der Waals surface area contributed by atoms with Crippen LogP contribution in [0.15, 0.2) is 22.5 Å². The predicted octanol–water partition coefficient (Wildman–Crippen LogP) is 2.51. The van der Waals surface area contributed by atoms with Crippen molar-refractivity contribution in [1.29, 1.82) is 0 Å². The molecule has 0 spiro atoms. The van der Waals surface area contributed by atoms with Crippen LogP contribution in [0.1, 0.15) is 25.7 Å². The fourth-order valence-electron chi connectivity index (χ4n) is 3.66. The van der Waals surface area contributed by atoms with Crippen LogP contribution in [-0.2, 0) is 9.53 Å². The van der Waals surface area contributed by atoms with E-state index >= 15 is 0 Å². The van der Waals surface area contributed by atoms with E-state index in [2.05, 4.69) is 15.6 Å². The number of nitrogens with one attached hydrogen (secondary N) is 2. The molecule has 1 aliphatic heterocycles. The normalized spacial score (nSPS) is 24.8. The van der Waals surface area contributed by atoms with E-state index in [9.17, 15) is 14.4 Å². The Kier molecular flexibility index (Phi) is 6.84. The van der Waals surface area contributed by atoms with Crippen LogP contribution < -0.4 is 15.5 Å². The maximum atomic E-state index is 12.0. The first-order valence-electron chi connectivity index (χ1n) is 9.22. The highest BCUT2D eigenvalue weighted by molar-refractivity contribution is 7.14. The van der Waals surface area contributed by atoms with Gasteiger partial charge in [-0.1, -0.05) is 6.42 Å². The molecule has 0 aromatic carbocycles. The summed E-state index contributed by atoms with van der Waals surface area (Å²) in [7, 11) is 0. The van der Waals surface area contributed by atoms with Crippen LogP contribution in [0.5, 0.6) is 0 Å². The molecule has 3 atom stereocenters. The Labute approximate surface area is 162 Å². The van der Waals surface area contributed by atoms with E-state index in [1.165, 1.54) is 11.3 Å². The van der Waals surface area contributed by atoms with Crippen molar-refractivity contribution in [3.8, 4) is 0 Å². The monoisotopic (exact) mass is 392 g/mol. The summed E-state index contributed by atoms with van der Waals surface area (Å²) in [6.07, 6.45) is 5.05. The third kappa shape index (κ3) is 5.55. The molecule has 3 rings (SSSR count). The van der Waals surface area contributed by atoms with Gasteiger partial charge in [0.25, 0.3) is 0 Å². The number of anilines is 1. The topological polar surface area (TPSA) is 100 Å². The maximum Gasteiger partial charge on any atom is 0.415 e. The summed E-state index contributed by atoms with van der Waals surface area (Å²) in [5.74, 6) is 0.797. The number of amides is 3. The minimum Gasteiger partial charge on any atom is -0.442 e. The lowest BCUT2D eigenvalue weighted by Gasteiger charge is -2.28. The number of thiophene rings is 1. The van der Waals surface area contributed by atoms with Gasteiger partial charge >= 0.3 is 12.1 Å². The summed E-state index contributed by atoms with van der Waals surface area (Å²) < 4.78 is 5.30. The Hall–Kier alpha value is -2.38. The quantitative estimate of drug-likeness (QED) is 0.550. The van der Waals surface area contributed by atoms with Crippen molar-refractivity contribution in [1.82, 2.24) is 10.6 Å². The van der Waals surface area contributed by atoms with E-state index in [0.29, 0.717) is 31.5 Å². The molecule has 2 N–H and O–H groups in total. The second-order valence-corrected chi connectivity index (χ2v) is 7.92. The number of aliphatic imine (C=N–C) groups is 1. The molecule has 0 bridgehead atoms. The Balaban J connectivity index is 1.35. The fourth-order valence-corrected chi connectivity index (χ4v) is 4.39. The highest BCUT2D eigenvalue weighted by atomic mass is 32.1. The Morgan fingerprint density at radius 2 is 2.15 bits per heavy atom. The summed E-state index contributed by atoms with van der Waals surface area (Å²) >= 11 is 1.48. The van der Waals surface area contributed by atoms with Gasteiger partial charge in [-0.25, -0.2) is 19.4 Å². The van der Waals surface area contributed by atoms with E-state index in [-0.39, 0.29) is 24.8 Å². The summed E-state index contributed by atoms with van der Waals surface area (Å²) in [6, 6.07) is 3.49. The Morgan fingerprint density at radius 3 is 2.93 bits per heavy atom. The molecule has 1 aromatic rings. The molecule has 1 aromatic heterocycles. The van der Waals surface area contributed by atoms with Gasteiger partial charge in [0.05, 0.1) is 19.6 Å². The van der Waals surface area contributed by atoms with E-state index in [1.807, 2.05) is 17.5 Å². The molecular formula is C18H24N4O4S. The van der Waals surface area contributed by atoms with Crippen LogP contribution in [-0.4, -0.2) is 50.5 Å². The zero-order valence-electron chi connectivity index (χ0n) is 15.1. The van der Waals surface area contributed by atoms with Crippen LogP contribution in [0.25, 0.3) is 0 Å². The second kappa shape index (κ2) is 9.53. The fraction of sp³-hybridized carbons (Fsp3) is 0.611. The highest BCUT2D eigenvalue weighted by Crippen LogP contribution is 2.29. The molecule has 2 heterocycles. The molecule has 3 unspecified atom stereocenters. The molecule has 1 saturated carbocycles. The van der Waals surface area contributed by atoms with Crippen LogP contribution in [0.3, 0.4) is 0 Å². The lowest BCUT2D eigenvalue weighted by Crippen LogP contribution is -2.43. The molecule has 146 valence electrons. The predicted molar refractivity (Wildman–Crippen MR) is 102 cm³/mol. The lowest BCUT2D eigenvalue weighted by atomic mass is 9.81. The number of ether oxygens (including phenoxy) is 1. The summed E-state index contributed by atoms with van der Waals surface area (Å²) in [5.41, 5.74) is 0. The molecule has 27 heavy (non-hydrogen) atoms. The van der Waals surface area contributed by atoms with Crippen molar-refractivity contribution in [2.45, 2.75) is 31.8 Å². The van der Waals surface area contributed by atoms with Gasteiger partial charge < -0.3 is 15.4 Å². The number of urea groups is 1. The van der Waals surface area contributed by atoms with Crippen LogP contribution in [0.2, 0.25) is 0 Å². The molecule has 2 aliphatic rings. The number of hydrogen-bond acceptors (Lipinski definition) is 6. The molecule has 2 fully saturated rings. The van der Waals surface area contributed by atoms with E-state index in [4.69, 9.17) is 4.74 Å². The summed E-state index contributed by atoms with van der Waals surface area (Å²) in [5, 5.41) is 8.42. The van der Waals surface area contributed by atoms with Crippen LogP contribution in [0, 0.1) is 11.8 Å². The molecule has 0 radical (unpaired) electrons. The van der Waals surface area contributed by atoms with Crippen molar-refractivity contribution in [3.05, 3.63) is 17.5 Å². The second-order valence-electron chi connectivity index (χ2n) is 6.99. The minimum absolute atomic E-state index is 0.256. The summed E-state index contributed by atoms with van der Waals surface area (Å²) in [4.78, 5) is 39.5. The smallest absolute Gasteiger partial charge is 0.415 e. The van der Waals surface area contributed by atoms with Crippen LogP contribution >= 0.6 is 11.3 Å². The van der Waals surface area contributed by atoms with Crippen molar-refractivity contribution in [3.63, 3.8) is 0 Å². The zero-order chi connectivity index (χ0) is 19.1. The van der Waals surface area contributed by atoms with E-state index < -0.39 is 0 Å². The first-order chi connectivity index (χ1) is 13.2. The standard InChI is InChI=1S/C18H24N4O4S/c23-12-19-8-13-3-1-4-14(7-13)9-20-17(24)21-10-15-11-22(18(25)26-15)16-5-2-6-27-16/h2,5-6,13-15H,1,3-4,7-11H2,(H2,20,21,24). The molecule has 9 heteroatoms. The molecular weight excluding hydrogens is 368 g/mol. The van der Waals surface area contributed by atoms with Crippen molar-refractivity contribution in [2.24, 2.45) is 16.8 Å². The van der Waals surface area contributed by atoms with E-state index in [1.54, 1.807) is 11.0 Å². The van der Waals surface area contributed by atoms with Gasteiger partial charge in [0.15, 0.2) is 0 Å². The Bertz CT molecular complexity index is 690. The molecule has 3 amide bonds. The van der Waals surface area contributed by atoms with Gasteiger partial charge in [-0.15, -0.1) is 11.3 Å². The third-order valence-corrected chi connectivity index (χ3v) is 5.88. The zero-order valence-corrected chi connectivity index (χ0v) is 15.9. The number of isocyanates is 1. The first kappa shape index (κ1) is 19.4. The molecule has 1 aliphatic carbocycles. The number of cyclic esters (lactones) is 1. The number of carbonyl (C=O) groups is 2. The number of hydrogen-bond donors (Lipinski definition) is 2. The molecule has 8 nitrogen and oxygen atoms in total. The highest BCUT2D eigenvalue weighted by Gasteiger charge is 2.33. The minimum atomic E-state index is -0.379. The average Bonchev–Trinajstić information content (AvgIpc) is 3.33. The number of nitrogens with zero attached hydrogens (tertiary/aromatic N) is 2. The van der Waals surface area contributed by atoms with Gasteiger partial charge in [0, 0.05) is 6.54 Å². The van der Waals surface area contributed by atoms with Gasteiger partial charge in [-0.05, 0) is 48.6 Å².